The molecule has 212 valence electrons. The molecule has 5 heteroatoms. The normalized spacial score (nSPS) is 13.1. The third-order valence-corrected chi connectivity index (χ3v) is 7.96. The van der Waals surface area contributed by atoms with Crippen molar-refractivity contribution in [1.82, 2.24) is 14.5 Å². The Hall–Kier alpha value is -4.77. The van der Waals surface area contributed by atoms with E-state index in [1.54, 1.807) is 6.07 Å². The topological polar surface area (TPSA) is 44.5 Å². The summed E-state index contributed by atoms with van der Waals surface area (Å²) in [7, 11) is 2.07. The summed E-state index contributed by atoms with van der Waals surface area (Å²) in [4.78, 5) is 9.58. The highest BCUT2D eigenvalue weighted by Crippen LogP contribution is 2.40. The first-order chi connectivity index (χ1) is 20.3. The molecule has 1 aromatic heterocycles. The van der Waals surface area contributed by atoms with Gasteiger partial charge in [0.2, 0.25) is 0 Å². The highest BCUT2D eigenvalue weighted by atomic mass is 16.3. The van der Waals surface area contributed by atoms with Crippen molar-refractivity contribution in [1.29, 1.82) is 0 Å². The summed E-state index contributed by atoms with van der Waals surface area (Å²) in [5, 5.41) is 11.0. The molecule has 0 spiro atoms. The Morgan fingerprint density at radius 2 is 1.38 bits per heavy atom. The first kappa shape index (κ1) is 27.4. The summed E-state index contributed by atoms with van der Waals surface area (Å²) in [6, 6.07) is 31.2. The van der Waals surface area contributed by atoms with Crippen molar-refractivity contribution in [3.05, 3.63) is 121 Å². The minimum Gasteiger partial charge on any atom is -0.507 e. The van der Waals surface area contributed by atoms with Crippen LogP contribution in [0.15, 0.2) is 110 Å². The van der Waals surface area contributed by atoms with Gasteiger partial charge >= 0.3 is 0 Å². The Bertz CT molecular complexity index is 1720. The molecule has 6 rings (SSSR count). The summed E-state index contributed by atoms with van der Waals surface area (Å²) in [5.74, 6) is 1.48. The van der Waals surface area contributed by atoms with E-state index in [0.29, 0.717) is 5.56 Å². The zero-order valence-corrected chi connectivity index (χ0v) is 25.0. The molecule has 0 fully saturated rings. The second kappa shape index (κ2) is 11.2. The van der Waals surface area contributed by atoms with Crippen molar-refractivity contribution in [2.75, 3.05) is 18.6 Å². The number of benzene rings is 4. The van der Waals surface area contributed by atoms with Crippen LogP contribution < -0.4 is 4.90 Å². The Balaban J connectivity index is 1.59. The number of aromatic nitrogens is 2. The van der Waals surface area contributed by atoms with Crippen LogP contribution in [0.2, 0.25) is 0 Å². The van der Waals surface area contributed by atoms with Crippen LogP contribution in [-0.2, 0) is 0 Å². The van der Waals surface area contributed by atoms with E-state index >= 15 is 0 Å². The molecule has 0 saturated heterocycles. The Kier molecular flexibility index (Phi) is 7.34. The molecule has 0 atom stereocenters. The van der Waals surface area contributed by atoms with Gasteiger partial charge in [-0.25, -0.2) is 4.98 Å². The van der Waals surface area contributed by atoms with E-state index in [9.17, 15) is 5.11 Å². The van der Waals surface area contributed by atoms with Gasteiger partial charge in [0.25, 0.3) is 0 Å². The second-order valence-corrected chi connectivity index (χ2v) is 11.7. The van der Waals surface area contributed by atoms with Gasteiger partial charge in [-0.05, 0) is 70.5 Å². The Morgan fingerprint density at radius 3 is 2.02 bits per heavy atom. The number of aromatic hydroxyl groups is 1. The monoisotopic (exact) mass is 554 g/mol. The van der Waals surface area contributed by atoms with Gasteiger partial charge < -0.3 is 14.9 Å². The molecule has 5 aromatic rings. The number of rotatable bonds is 7. The third kappa shape index (κ3) is 5.18. The van der Waals surface area contributed by atoms with Crippen LogP contribution >= 0.6 is 0 Å². The van der Waals surface area contributed by atoms with E-state index < -0.39 is 0 Å². The Labute approximate surface area is 249 Å². The lowest BCUT2D eigenvalue weighted by atomic mass is 9.88. The first-order valence-electron chi connectivity index (χ1n) is 14.7. The molecule has 0 radical (unpaired) electrons. The SMILES string of the molecule is CC(C)c1cc(-c2ccccc2)cc(C(C)C)c1-n1cc(-c2cccc(N3C=CN(C)C3)c2)nc1-c1ccccc1O. The maximum atomic E-state index is 11.0. The molecule has 0 aliphatic carbocycles. The van der Waals surface area contributed by atoms with Crippen LogP contribution in [-0.4, -0.2) is 33.3 Å². The Morgan fingerprint density at radius 1 is 0.714 bits per heavy atom. The molecule has 1 aliphatic heterocycles. The molecule has 0 saturated carbocycles. The molecule has 0 unspecified atom stereocenters. The van der Waals surface area contributed by atoms with E-state index in [4.69, 9.17) is 4.98 Å². The van der Waals surface area contributed by atoms with Gasteiger partial charge in [0.15, 0.2) is 0 Å². The summed E-state index contributed by atoms with van der Waals surface area (Å²) in [5.41, 5.74) is 9.78. The molecule has 2 heterocycles. The van der Waals surface area contributed by atoms with E-state index in [2.05, 4.69) is 134 Å². The molecular weight excluding hydrogens is 516 g/mol. The summed E-state index contributed by atoms with van der Waals surface area (Å²) in [6.07, 6.45) is 6.32. The first-order valence-corrected chi connectivity index (χ1v) is 14.7. The van der Waals surface area contributed by atoms with Crippen molar-refractivity contribution in [3.8, 4) is 45.2 Å². The number of phenols is 1. The highest BCUT2D eigenvalue weighted by molar-refractivity contribution is 5.76. The maximum absolute atomic E-state index is 11.0. The minimum absolute atomic E-state index is 0.216. The molecule has 4 aromatic carbocycles. The lowest BCUT2D eigenvalue weighted by molar-refractivity contribution is 0.477. The van der Waals surface area contributed by atoms with Crippen molar-refractivity contribution in [3.63, 3.8) is 0 Å². The third-order valence-electron chi connectivity index (χ3n) is 7.96. The largest absolute Gasteiger partial charge is 0.507 e. The number of imidazole rings is 1. The van der Waals surface area contributed by atoms with Gasteiger partial charge in [-0.15, -0.1) is 0 Å². The number of nitrogens with zero attached hydrogens (tertiary/aromatic N) is 4. The maximum Gasteiger partial charge on any atom is 0.148 e. The summed E-state index contributed by atoms with van der Waals surface area (Å²) < 4.78 is 2.21. The average Bonchev–Trinajstić information content (AvgIpc) is 3.64. The van der Waals surface area contributed by atoms with Gasteiger partial charge in [-0.1, -0.05) is 82.3 Å². The summed E-state index contributed by atoms with van der Waals surface area (Å²) in [6.45, 7) is 9.81. The van der Waals surface area contributed by atoms with Crippen LogP contribution in [0.25, 0.3) is 39.5 Å². The predicted octanol–water partition coefficient (Wildman–Crippen LogP) is 9.01. The van der Waals surface area contributed by atoms with Gasteiger partial charge in [0, 0.05) is 36.9 Å². The molecular formula is C37H38N4O. The quantitative estimate of drug-likeness (QED) is 0.218. The molecule has 5 nitrogen and oxygen atoms in total. The van der Waals surface area contributed by atoms with E-state index in [0.717, 1.165) is 35.1 Å². The van der Waals surface area contributed by atoms with Gasteiger partial charge in [0.1, 0.15) is 11.6 Å². The number of para-hydroxylation sites is 1. The predicted molar refractivity (Wildman–Crippen MR) is 174 cm³/mol. The van der Waals surface area contributed by atoms with Crippen molar-refractivity contribution >= 4 is 5.69 Å². The molecule has 0 bridgehead atoms. The minimum atomic E-state index is 0.216. The fraction of sp³-hybridized carbons (Fsp3) is 0.216. The van der Waals surface area contributed by atoms with Gasteiger partial charge in [-0.3, -0.25) is 4.57 Å². The smallest absolute Gasteiger partial charge is 0.148 e. The van der Waals surface area contributed by atoms with Crippen molar-refractivity contribution in [2.45, 2.75) is 39.5 Å². The fourth-order valence-corrected chi connectivity index (χ4v) is 5.72. The lowest BCUT2D eigenvalue weighted by Crippen LogP contribution is -2.21. The van der Waals surface area contributed by atoms with E-state index in [1.807, 2.05) is 18.2 Å². The van der Waals surface area contributed by atoms with E-state index in [1.165, 1.54) is 22.3 Å². The lowest BCUT2D eigenvalue weighted by Gasteiger charge is -2.24. The van der Waals surface area contributed by atoms with Crippen molar-refractivity contribution in [2.24, 2.45) is 0 Å². The van der Waals surface area contributed by atoms with Gasteiger partial charge in [0.05, 0.1) is 23.6 Å². The number of hydrogen-bond acceptors (Lipinski definition) is 4. The van der Waals surface area contributed by atoms with Crippen LogP contribution in [0, 0.1) is 0 Å². The van der Waals surface area contributed by atoms with Gasteiger partial charge in [-0.2, -0.15) is 0 Å². The molecule has 1 N–H and O–H groups in total. The standard InChI is InChI=1S/C37H38N4O/c1-25(2)32-21-29(27-12-7-6-8-13-27)22-33(26(3)4)36(32)41-23-34(38-37(41)31-16-9-10-17-35(31)42)28-14-11-15-30(20-28)40-19-18-39(5)24-40/h6-23,25-26,42H,24H2,1-5H3. The fourth-order valence-electron chi connectivity index (χ4n) is 5.72. The van der Waals surface area contributed by atoms with Crippen LogP contribution in [0.4, 0.5) is 5.69 Å². The number of hydrogen-bond donors (Lipinski definition) is 1. The zero-order chi connectivity index (χ0) is 29.4. The van der Waals surface area contributed by atoms with E-state index in [-0.39, 0.29) is 17.6 Å². The molecule has 0 amide bonds. The van der Waals surface area contributed by atoms with Crippen molar-refractivity contribution < 1.29 is 5.11 Å². The van der Waals surface area contributed by atoms with Crippen LogP contribution in [0.3, 0.4) is 0 Å². The second-order valence-electron chi connectivity index (χ2n) is 11.7. The number of phenolic OH excluding ortho intramolecular Hbond substituents is 1. The van der Waals surface area contributed by atoms with Crippen LogP contribution in [0.1, 0.15) is 50.7 Å². The highest BCUT2D eigenvalue weighted by Gasteiger charge is 2.24. The molecule has 42 heavy (non-hydrogen) atoms. The average molecular weight is 555 g/mol. The summed E-state index contributed by atoms with van der Waals surface area (Å²) >= 11 is 0. The van der Waals surface area contributed by atoms with Crippen LogP contribution in [0.5, 0.6) is 5.75 Å². The zero-order valence-electron chi connectivity index (χ0n) is 25.0. The molecule has 1 aliphatic rings. The number of anilines is 1.